The summed E-state index contributed by atoms with van der Waals surface area (Å²) in [6, 6.07) is 17.6. The summed E-state index contributed by atoms with van der Waals surface area (Å²) >= 11 is 0. The highest BCUT2D eigenvalue weighted by molar-refractivity contribution is 5.99. The molecule has 0 radical (unpaired) electrons. The molecule has 200 valence electrons. The van der Waals surface area contributed by atoms with Crippen LogP contribution in [0.15, 0.2) is 72.8 Å². The van der Waals surface area contributed by atoms with Gasteiger partial charge in [0.1, 0.15) is 6.04 Å². The smallest absolute Gasteiger partial charge is 0.343 e. The fraction of sp³-hybridized carbons (Fsp3) is 0.250. The molecule has 38 heavy (non-hydrogen) atoms. The van der Waals surface area contributed by atoms with Crippen molar-refractivity contribution in [3.63, 3.8) is 0 Å². The molecule has 0 bridgehead atoms. The van der Waals surface area contributed by atoms with E-state index in [1.807, 2.05) is 32.0 Å². The molecule has 3 rings (SSSR count). The van der Waals surface area contributed by atoms with Crippen LogP contribution in [0.1, 0.15) is 32.6 Å². The quantitative estimate of drug-likeness (QED) is 0.321. The maximum absolute atomic E-state index is 12.9. The van der Waals surface area contributed by atoms with Crippen molar-refractivity contribution in [1.82, 2.24) is 16.0 Å². The minimum atomic E-state index is -4.60. The highest BCUT2D eigenvalue weighted by atomic mass is 19.4. The van der Waals surface area contributed by atoms with Crippen molar-refractivity contribution in [3.05, 3.63) is 101 Å². The van der Waals surface area contributed by atoms with Crippen molar-refractivity contribution < 1.29 is 27.6 Å². The van der Waals surface area contributed by atoms with Crippen molar-refractivity contribution in [2.75, 3.05) is 18.4 Å². The zero-order valence-corrected chi connectivity index (χ0v) is 21.0. The number of carbonyl (C=O) groups is 3. The molecule has 0 saturated heterocycles. The molecule has 4 N–H and O–H groups in total. The van der Waals surface area contributed by atoms with Gasteiger partial charge < -0.3 is 21.3 Å². The van der Waals surface area contributed by atoms with Crippen LogP contribution in [-0.2, 0) is 22.3 Å². The van der Waals surface area contributed by atoms with Gasteiger partial charge in [-0.05, 0) is 55.3 Å². The van der Waals surface area contributed by atoms with Crippen molar-refractivity contribution >= 4 is 23.4 Å². The van der Waals surface area contributed by atoms with E-state index < -0.39 is 42.0 Å². The molecule has 3 amide bonds. The Labute approximate surface area is 218 Å². The number of halogens is 3. The van der Waals surface area contributed by atoms with Crippen LogP contribution in [0.2, 0.25) is 0 Å². The summed E-state index contributed by atoms with van der Waals surface area (Å²) in [6.45, 7) is 4.01. The first-order valence-corrected chi connectivity index (χ1v) is 11.9. The number of amides is 3. The van der Waals surface area contributed by atoms with Crippen LogP contribution >= 0.6 is 0 Å². The Balaban J connectivity index is 1.62. The molecule has 0 aliphatic rings. The molecular weight excluding hydrogens is 497 g/mol. The van der Waals surface area contributed by atoms with Crippen LogP contribution in [-0.4, -0.2) is 36.9 Å². The summed E-state index contributed by atoms with van der Waals surface area (Å²) < 4.78 is 38.8. The van der Waals surface area contributed by atoms with Gasteiger partial charge in [-0.2, -0.15) is 13.2 Å². The van der Waals surface area contributed by atoms with Gasteiger partial charge in [-0.1, -0.05) is 48.0 Å². The monoisotopic (exact) mass is 526 g/mol. The number of hydrogen-bond acceptors (Lipinski definition) is 4. The number of hydrogen-bond donors (Lipinski definition) is 4. The van der Waals surface area contributed by atoms with Crippen LogP contribution in [0.25, 0.3) is 0 Å². The van der Waals surface area contributed by atoms with Gasteiger partial charge in [-0.15, -0.1) is 0 Å². The molecule has 7 nitrogen and oxygen atoms in total. The number of benzene rings is 3. The number of carbonyl (C=O) groups excluding carboxylic acids is 3. The van der Waals surface area contributed by atoms with Crippen LogP contribution in [0.3, 0.4) is 0 Å². The number of aryl methyl sites for hydroxylation is 2. The Morgan fingerprint density at radius 1 is 0.895 bits per heavy atom. The normalized spacial score (nSPS) is 11.9. The van der Waals surface area contributed by atoms with Crippen molar-refractivity contribution in [1.29, 1.82) is 0 Å². The van der Waals surface area contributed by atoms with Gasteiger partial charge in [0.25, 0.3) is 5.91 Å². The van der Waals surface area contributed by atoms with Gasteiger partial charge in [0.2, 0.25) is 11.8 Å². The largest absolute Gasteiger partial charge is 0.416 e. The lowest BCUT2D eigenvalue weighted by molar-refractivity contribution is -0.137. The van der Waals surface area contributed by atoms with Crippen LogP contribution < -0.4 is 21.3 Å². The summed E-state index contributed by atoms with van der Waals surface area (Å²) in [5, 5.41) is 10.8. The second kappa shape index (κ2) is 12.9. The molecule has 0 fully saturated rings. The predicted octanol–water partition coefficient (Wildman–Crippen LogP) is 3.97. The third-order valence-corrected chi connectivity index (χ3v) is 5.72. The predicted molar refractivity (Wildman–Crippen MR) is 138 cm³/mol. The molecule has 0 saturated carbocycles. The lowest BCUT2D eigenvalue weighted by Gasteiger charge is -2.20. The Morgan fingerprint density at radius 3 is 2.32 bits per heavy atom. The van der Waals surface area contributed by atoms with E-state index in [0.29, 0.717) is 18.3 Å². The van der Waals surface area contributed by atoms with Crippen molar-refractivity contribution in [2.45, 2.75) is 32.6 Å². The van der Waals surface area contributed by atoms with Gasteiger partial charge in [0, 0.05) is 24.3 Å². The molecular formula is C28H29F3N4O3. The number of nitrogens with one attached hydrogen (secondary N) is 4. The summed E-state index contributed by atoms with van der Waals surface area (Å²) in [6.07, 6.45) is -4.60. The topological polar surface area (TPSA) is 99.3 Å². The Kier molecular flexibility index (Phi) is 9.61. The van der Waals surface area contributed by atoms with E-state index in [1.54, 1.807) is 30.3 Å². The lowest BCUT2D eigenvalue weighted by atomic mass is 10.1. The molecule has 0 aliphatic carbocycles. The van der Waals surface area contributed by atoms with Gasteiger partial charge in [-0.3, -0.25) is 14.4 Å². The van der Waals surface area contributed by atoms with Gasteiger partial charge >= 0.3 is 6.18 Å². The van der Waals surface area contributed by atoms with E-state index in [9.17, 15) is 27.6 Å². The van der Waals surface area contributed by atoms with Gasteiger partial charge in [0.15, 0.2) is 0 Å². The first kappa shape index (κ1) is 28.4. The molecule has 3 aromatic carbocycles. The van der Waals surface area contributed by atoms with Crippen LogP contribution in [0, 0.1) is 13.8 Å². The number of para-hydroxylation sites is 1. The van der Waals surface area contributed by atoms with Gasteiger partial charge in [-0.25, -0.2) is 0 Å². The number of rotatable bonds is 10. The van der Waals surface area contributed by atoms with Gasteiger partial charge in [0.05, 0.1) is 12.1 Å². The third kappa shape index (κ3) is 8.45. The second-order valence-corrected chi connectivity index (χ2v) is 8.80. The molecule has 0 spiro atoms. The molecule has 3 aromatic rings. The van der Waals surface area contributed by atoms with E-state index in [4.69, 9.17) is 0 Å². The fourth-order valence-electron chi connectivity index (χ4n) is 3.70. The Hall–Kier alpha value is -4.18. The summed E-state index contributed by atoms with van der Waals surface area (Å²) in [5.41, 5.74) is 2.60. The van der Waals surface area contributed by atoms with E-state index in [1.165, 1.54) is 6.07 Å². The third-order valence-electron chi connectivity index (χ3n) is 5.72. The number of alkyl halides is 3. The Morgan fingerprint density at radius 2 is 1.63 bits per heavy atom. The van der Waals surface area contributed by atoms with Crippen LogP contribution in [0.5, 0.6) is 0 Å². The highest BCUT2D eigenvalue weighted by Gasteiger charge is 2.31. The zero-order chi connectivity index (χ0) is 27.7. The molecule has 1 unspecified atom stereocenters. The van der Waals surface area contributed by atoms with E-state index in [-0.39, 0.29) is 12.1 Å². The fourth-order valence-corrected chi connectivity index (χ4v) is 3.70. The maximum Gasteiger partial charge on any atom is 0.416 e. The minimum absolute atomic E-state index is 0.0965. The maximum atomic E-state index is 12.9. The van der Waals surface area contributed by atoms with Crippen LogP contribution in [0.4, 0.5) is 18.9 Å². The second-order valence-electron chi connectivity index (χ2n) is 8.80. The van der Waals surface area contributed by atoms with E-state index >= 15 is 0 Å². The Bertz CT molecular complexity index is 1280. The average Bonchev–Trinajstić information content (AvgIpc) is 2.88. The summed E-state index contributed by atoms with van der Waals surface area (Å²) in [4.78, 5) is 37.8. The summed E-state index contributed by atoms with van der Waals surface area (Å²) in [7, 11) is 0. The minimum Gasteiger partial charge on any atom is -0.343 e. The molecule has 0 aromatic heterocycles. The number of anilines is 1. The first-order chi connectivity index (χ1) is 18.0. The van der Waals surface area contributed by atoms with E-state index in [2.05, 4.69) is 21.3 Å². The molecule has 10 heteroatoms. The van der Waals surface area contributed by atoms with E-state index in [0.717, 1.165) is 28.8 Å². The summed E-state index contributed by atoms with van der Waals surface area (Å²) in [5.74, 6) is -1.99. The lowest BCUT2D eigenvalue weighted by Crippen LogP contribution is -2.51. The zero-order valence-electron chi connectivity index (χ0n) is 21.0. The SMILES string of the molecule is Cc1ccc(CNCC(NC(=O)CNC(=O)c2cccc(C(F)(F)F)c2)C(=O)Nc2ccccc2)c(C)c1. The molecule has 0 aliphatic heterocycles. The molecule has 0 heterocycles. The van der Waals surface area contributed by atoms with Crippen molar-refractivity contribution in [3.8, 4) is 0 Å². The molecule has 1 atom stereocenters. The van der Waals surface area contributed by atoms with Crippen molar-refractivity contribution in [2.24, 2.45) is 0 Å². The first-order valence-electron chi connectivity index (χ1n) is 11.9. The standard InChI is InChI=1S/C28H29F3N4O3/c1-18-11-12-21(19(2)13-18)15-32-16-24(27(38)34-23-9-4-3-5-10-23)35-25(36)17-33-26(37)20-7-6-8-22(14-20)28(29,30)31/h3-14,24,32H,15-17H2,1-2H3,(H,33,37)(H,34,38)(H,35,36). The highest BCUT2D eigenvalue weighted by Crippen LogP contribution is 2.29. The average molecular weight is 527 g/mol.